The number of fused-ring (bicyclic) bond motifs is 1. The molecule has 0 aliphatic heterocycles. The van der Waals surface area contributed by atoms with Crippen LogP contribution >= 0.6 is 11.3 Å². The SMILES string of the molecule is O=C(O)c1ccc(N(c2ccccc2)c2ccc3ccccc3c2)s1. The summed E-state index contributed by atoms with van der Waals surface area (Å²) in [6.07, 6.45) is 0. The van der Waals surface area contributed by atoms with Crippen molar-refractivity contribution >= 4 is 44.5 Å². The fraction of sp³-hybridized carbons (Fsp3) is 0. The highest BCUT2D eigenvalue weighted by molar-refractivity contribution is 7.18. The monoisotopic (exact) mass is 345 g/mol. The van der Waals surface area contributed by atoms with E-state index in [9.17, 15) is 9.90 Å². The number of benzene rings is 3. The molecule has 4 heteroatoms. The van der Waals surface area contributed by atoms with Crippen LogP contribution in [-0.2, 0) is 0 Å². The number of anilines is 3. The number of carboxylic acids is 1. The summed E-state index contributed by atoms with van der Waals surface area (Å²) in [4.78, 5) is 13.7. The smallest absolute Gasteiger partial charge is 0.345 e. The summed E-state index contributed by atoms with van der Waals surface area (Å²) in [6, 6.07) is 28.0. The molecular formula is C21H15NO2S. The zero-order valence-electron chi connectivity index (χ0n) is 13.3. The average Bonchev–Trinajstić information content (AvgIpc) is 3.13. The van der Waals surface area contributed by atoms with Gasteiger partial charge < -0.3 is 10.0 Å². The highest BCUT2D eigenvalue weighted by Gasteiger charge is 2.16. The number of aromatic carboxylic acids is 1. The third-order valence-electron chi connectivity index (χ3n) is 4.03. The maximum atomic E-state index is 11.3. The molecule has 0 unspecified atom stereocenters. The molecule has 122 valence electrons. The third kappa shape index (κ3) is 2.99. The van der Waals surface area contributed by atoms with Gasteiger partial charge in [-0.2, -0.15) is 0 Å². The Morgan fingerprint density at radius 3 is 2.20 bits per heavy atom. The van der Waals surface area contributed by atoms with E-state index >= 15 is 0 Å². The zero-order valence-corrected chi connectivity index (χ0v) is 14.1. The lowest BCUT2D eigenvalue weighted by atomic mass is 10.1. The van der Waals surface area contributed by atoms with Crippen molar-refractivity contribution in [3.63, 3.8) is 0 Å². The molecule has 25 heavy (non-hydrogen) atoms. The van der Waals surface area contributed by atoms with Gasteiger partial charge in [-0.25, -0.2) is 4.79 Å². The van der Waals surface area contributed by atoms with Gasteiger partial charge in [0.2, 0.25) is 0 Å². The molecule has 0 saturated heterocycles. The molecule has 1 N–H and O–H groups in total. The Morgan fingerprint density at radius 2 is 1.48 bits per heavy atom. The highest BCUT2D eigenvalue weighted by Crippen LogP contribution is 2.39. The normalized spacial score (nSPS) is 10.7. The Morgan fingerprint density at radius 1 is 0.760 bits per heavy atom. The van der Waals surface area contributed by atoms with Crippen molar-refractivity contribution in [1.29, 1.82) is 0 Å². The van der Waals surface area contributed by atoms with Gasteiger partial charge in [0, 0.05) is 11.4 Å². The first-order valence-electron chi connectivity index (χ1n) is 7.89. The first-order chi connectivity index (χ1) is 12.2. The second kappa shape index (κ2) is 6.42. The van der Waals surface area contributed by atoms with Gasteiger partial charge in [-0.3, -0.25) is 0 Å². The molecule has 0 fully saturated rings. The molecule has 1 aromatic heterocycles. The summed E-state index contributed by atoms with van der Waals surface area (Å²) in [7, 11) is 0. The van der Waals surface area contributed by atoms with E-state index < -0.39 is 5.97 Å². The maximum absolute atomic E-state index is 11.3. The van der Waals surface area contributed by atoms with Gasteiger partial charge >= 0.3 is 5.97 Å². The predicted molar refractivity (Wildman–Crippen MR) is 103 cm³/mol. The number of nitrogens with zero attached hydrogens (tertiary/aromatic N) is 1. The van der Waals surface area contributed by atoms with Crippen LogP contribution in [0.1, 0.15) is 9.67 Å². The van der Waals surface area contributed by atoms with Crippen molar-refractivity contribution in [2.45, 2.75) is 0 Å². The fourth-order valence-electron chi connectivity index (χ4n) is 2.86. The first kappa shape index (κ1) is 15.4. The Bertz CT molecular complexity index is 1040. The molecule has 4 rings (SSSR count). The second-order valence-electron chi connectivity index (χ2n) is 5.65. The number of hydrogen-bond acceptors (Lipinski definition) is 3. The lowest BCUT2D eigenvalue weighted by molar-refractivity contribution is 0.0702. The van der Waals surface area contributed by atoms with Gasteiger partial charge in [-0.1, -0.05) is 48.5 Å². The number of carbonyl (C=O) groups is 1. The molecule has 0 radical (unpaired) electrons. The summed E-state index contributed by atoms with van der Waals surface area (Å²) < 4.78 is 0. The van der Waals surface area contributed by atoms with Crippen molar-refractivity contribution in [2.24, 2.45) is 0 Å². The molecule has 0 atom stereocenters. The molecule has 3 aromatic carbocycles. The molecular weight excluding hydrogens is 330 g/mol. The molecule has 3 nitrogen and oxygen atoms in total. The van der Waals surface area contributed by atoms with Crippen LogP contribution in [0, 0.1) is 0 Å². The van der Waals surface area contributed by atoms with Crippen LogP contribution in [0.3, 0.4) is 0 Å². The van der Waals surface area contributed by atoms with Crippen molar-refractivity contribution in [3.05, 3.63) is 89.8 Å². The fourth-order valence-corrected chi connectivity index (χ4v) is 3.75. The van der Waals surface area contributed by atoms with Crippen molar-refractivity contribution in [2.75, 3.05) is 4.90 Å². The standard InChI is InChI=1S/C21H15NO2S/c23-21(24)19-12-13-20(25-19)22(17-8-2-1-3-9-17)18-11-10-15-6-4-5-7-16(15)14-18/h1-14H,(H,23,24). The first-order valence-corrected chi connectivity index (χ1v) is 8.71. The van der Waals surface area contributed by atoms with E-state index in [2.05, 4.69) is 35.2 Å². The van der Waals surface area contributed by atoms with E-state index in [4.69, 9.17) is 0 Å². The van der Waals surface area contributed by atoms with Gasteiger partial charge in [0.15, 0.2) is 0 Å². The molecule has 4 aromatic rings. The number of para-hydroxylation sites is 1. The average molecular weight is 345 g/mol. The van der Waals surface area contributed by atoms with Gasteiger partial charge in [-0.15, -0.1) is 11.3 Å². The van der Waals surface area contributed by atoms with Gasteiger partial charge in [0.25, 0.3) is 0 Å². The zero-order chi connectivity index (χ0) is 17.2. The Balaban J connectivity index is 1.88. The minimum absolute atomic E-state index is 0.330. The molecule has 1 heterocycles. The number of thiophene rings is 1. The van der Waals surface area contributed by atoms with Crippen molar-refractivity contribution in [3.8, 4) is 0 Å². The van der Waals surface area contributed by atoms with E-state index in [1.165, 1.54) is 16.7 Å². The molecule has 0 bridgehead atoms. The largest absolute Gasteiger partial charge is 0.477 e. The summed E-state index contributed by atoms with van der Waals surface area (Å²) in [6.45, 7) is 0. The lowest BCUT2D eigenvalue weighted by Crippen LogP contribution is -2.08. The number of rotatable bonds is 4. The van der Waals surface area contributed by atoms with Gasteiger partial charge in [0.05, 0.1) is 0 Å². The van der Waals surface area contributed by atoms with Crippen LogP contribution in [0.5, 0.6) is 0 Å². The minimum Gasteiger partial charge on any atom is -0.477 e. The Hall–Kier alpha value is -3.11. The van der Waals surface area contributed by atoms with Crippen LogP contribution in [0.25, 0.3) is 10.8 Å². The van der Waals surface area contributed by atoms with Gasteiger partial charge in [0.1, 0.15) is 9.88 Å². The minimum atomic E-state index is -0.900. The molecule has 0 spiro atoms. The van der Waals surface area contributed by atoms with Crippen LogP contribution in [-0.4, -0.2) is 11.1 Å². The second-order valence-corrected chi connectivity index (χ2v) is 6.71. The number of hydrogen-bond donors (Lipinski definition) is 1. The number of carboxylic acid groups (broad SMARTS) is 1. The Labute approximate surface area is 149 Å². The van der Waals surface area contributed by atoms with E-state index in [0.29, 0.717) is 4.88 Å². The van der Waals surface area contributed by atoms with Crippen LogP contribution in [0.15, 0.2) is 84.9 Å². The van der Waals surface area contributed by atoms with Crippen LogP contribution in [0.2, 0.25) is 0 Å². The van der Waals surface area contributed by atoms with Crippen molar-refractivity contribution < 1.29 is 9.90 Å². The summed E-state index contributed by atoms with van der Waals surface area (Å²) in [5.74, 6) is -0.900. The third-order valence-corrected chi connectivity index (χ3v) is 5.09. The predicted octanol–water partition coefficient (Wildman–Crippen LogP) is 6.07. The lowest BCUT2D eigenvalue weighted by Gasteiger charge is -2.23. The summed E-state index contributed by atoms with van der Waals surface area (Å²) in [5.41, 5.74) is 2.00. The van der Waals surface area contributed by atoms with E-state index in [1.54, 1.807) is 6.07 Å². The van der Waals surface area contributed by atoms with Crippen molar-refractivity contribution in [1.82, 2.24) is 0 Å². The van der Waals surface area contributed by atoms with E-state index in [1.807, 2.05) is 48.5 Å². The topological polar surface area (TPSA) is 40.5 Å². The molecule has 0 aliphatic rings. The summed E-state index contributed by atoms with van der Waals surface area (Å²) >= 11 is 1.27. The van der Waals surface area contributed by atoms with Gasteiger partial charge in [-0.05, 0) is 47.2 Å². The van der Waals surface area contributed by atoms with E-state index in [0.717, 1.165) is 21.8 Å². The molecule has 0 aliphatic carbocycles. The molecule has 0 amide bonds. The molecule has 0 saturated carbocycles. The maximum Gasteiger partial charge on any atom is 0.345 e. The summed E-state index contributed by atoms with van der Waals surface area (Å²) in [5, 5.41) is 12.5. The Kier molecular flexibility index (Phi) is 3.96. The highest BCUT2D eigenvalue weighted by atomic mass is 32.1. The van der Waals surface area contributed by atoms with Crippen LogP contribution < -0.4 is 4.90 Å². The van der Waals surface area contributed by atoms with E-state index in [-0.39, 0.29) is 0 Å². The van der Waals surface area contributed by atoms with Crippen LogP contribution in [0.4, 0.5) is 16.4 Å². The quantitative estimate of drug-likeness (QED) is 0.488.